The van der Waals surface area contributed by atoms with Gasteiger partial charge in [-0.3, -0.25) is 4.79 Å². The number of nitrogens with one attached hydrogen (secondary N) is 1. The summed E-state index contributed by atoms with van der Waals surface area (Å²) in [5.41, 5.74) is 3.81. The fraction of sp³-hybridized carbons (Fsp3) is 0.111. The highest BCUT2D eigenvalue weighted by molar-refractivity contribution is 9.10. The van der Waals surface area contributed by atoms with Gasteiger partial charge in [0.2, 0.25) is 0 Å². The number of carbonyl (C=O) groups is 1. The second-order valence-corrected chi connectivity index (χ2v) is 5.71. The Morgan fingerprint density at radius 2 is 1.88 bits per heavy atom. The minimum absolute atomic E-state index is 0.327. The molecule has 2 aromatic rings. The Morgan fingerprint density at radius 3 is 2.52 bits per heavy atom. The molecule has 2 aromatic carbocycles. The highest BCUT2D eigenvalue weighted by atomic mass is 79.9. The molecule has 25 heavy (non-hydrogen) atoms. The topological polar surface area (TPSA) is 59.9 Å². The Kier molecular flexibility index (Phi) is 6.71. The number of hydrogen-bond donors (Lipinski definition) is 1. The zero-order valence-electron chi connectivity index (χ0n) is 13.6. The van der Waals surface area contributed by atoms with Crippen LogP contribution in [0.2, 0.25) is 0 Å². The average molecular weight is 407 g/mol. The van der Waals surface area contributed by atoms with Gasteiger partial charge in [0.15, 0.2) is 11.5 Å². The van der Waals surface area contributed by atoms with Crippen molar-refractivity contribution in [2.45, 2.75) is 0 Å². The molecule has 2 rings (SSSR count). The Morgan fingerprint density at radius 1 is 1.16 bits per heavy atom. The SMILES string of the molecule is COc1cc(/C=N\NC(=O)/C=C/c2ccc(F)cc2)cc(Br)c1OC. The van der Waals surface area contributed by atoms with E-state index < -0.39 is 5.91 Å². The van der Waals surface area contributed by atoms with E-state index in [0.717, 1.165) is 0 Å². The van der Waals surface area contributed by atoms with Crippen molar-refractivity contribution in [2.75, 3.05) is 14.2 Å². The second kappa shape index (κ2) is 8.98. The largest absolute Gasteiger partial charge is 0.493 e. The van der Waals surface area contributed by atoms with E-state index in [1.807, 2.05) is 0 Å². The van der Waals surface area contributed by atoms with Gasteiger partial charge < -0.3 is 9.47 Å². The number of methoxy groups -OCH3 is 2. The van der Waals surface area contributed by atoms with Crippen LogP contribution in [0.25, 0.3) is 6.08 Å². The first-order chi connectivity index (χ1) is 12.0. The molecule has 0 aliphatic heterocycles. The minimum Gasteiger partial charge on any atom is -0.493 e. The van der Waals surface area contributed by atoms with Crippen molar-refractivity contribution in [3.8, 4) is 11.5 Å². The molecule has 0 aliphatic rings. The van der Waals surface area contributed by atoms with Gasteiger partial charge in [0.05, 0.1) is 24.9 Å². The third-order valence-electron chi connectivity index (χ3n) is 3.14. The standard InChI is InChI=1S/C18H16BrFN2O3/c1-24-16-10-13(9-15(19)18(16)25-2)11-21-22-17(23)8-5-12-3-6-14(20)7-4-12/h3-11H,1-2H3,(H,22,23)/b8-5+,21-11-. The van der Waals surface area contributed by atoms with Crippen LogP contribution in [0.3, 0.4) is 0 Å². The smallest absolute Gasteiger partial charge is 0.264 e. The quantitative estimate of drug-likeness (QED) is 0.451. The van der Waals surface area contributed by atoms with E-state index in [9.17, 15) is 9.18 Å². The number of hydrazone groups is 1. The van der Waals surface area contributed by atoms with Gasteiger partial charge in [0, 0.05) is 6.08 Å². The van der Waals surface area contributed by atoms with Gasteiger partial charge in [-0.15, -0.1) is 0 Å². The van der Waals surface area contributed by atoms with E-state index >= 15 is 0 Å². The summed E-state index contributed by atoms with van der Waals surface area (Å²) in [4.78, 5) is 11.7. The van der Waals surface area contributed by atoms with Crippen molar-refractivity contribution in [1.82, 2.24) is 5.43 Å². The summed E-state index contributed by atoms with van der Waals surface area (Å²) in [5.74, 6) is 0.388. The molecule has 0 atom stereocenters. The minimum atomic E-state index is -0.403. The summed E-state index contributed by atoms with van der Waals surface area (Å²) >= 11 is 3.38. The third kappa shape index (κ3) is 5.42. The monoisotopic (exact) mass is 406 g/mol. The van der Waals surface area contributed by atoms with Gasteiger partial charge in [-0.2, -0.15) is 5.10 Å². The summed E-state index contributed by atoms with van der Waals surface area (Å²) in [5, 5.41) is 3.89. The van der Waals surface area contributed by atoms with Crippen molar-refractivity contribution in [3.63, 3.8) is 0 Å². The number of hydrogen-bond acceptors (Lipinski definition) is 4. The summed E-state index contributed by atoms with van der Waals surface area (Å²) in [6.45, 7) is 0. The van der Waals surface area contributed by atoms with Crippen LogP contribution in [0.4, 0.5) is 4.39 Å². The molecule has 1 N–H and O–H groups in total. The Balaban J connectivity index is 1.99. The van der Waals surface area contributed by atoms with Crippen molar-refractivity contribution in [2.24, 2.45) is 5.10 Å². The molecule has 0 spiro atoms. The first kappa shape index (κ1) is 18.7. The molecule has 7 heteroatoms. The van der Waals surface area contributed by atoms with Gasteiger partial charge in [-0.1, -0.05) is 12.1 Å². The predicted octanol–water partition coefficient (Wildman–Crippen LogP) is 3.77. The fourth-order valence-electron chi connectivity index (χ4n) is 1.97. The van der Waals surface area contributed by atoms with Gasteiger partial charge in [-0.05, 0) is 57.4 Å². The van der Waals surface area contributed by atoms with Gasteiger partial charge in [0.25, 0.3) is 5.91 Å². The number of halogens is 2. The summed E-state index contributed by atoms with van der Waals surface area (Å²) in [6.07, 6.45) is 4.36. The Bertz CT molecular complexity index is 805. The maximum absolute atomic E-state index is 12.8. The van der Waals surface area contributed by atoms with Crippen molar-refractivity contribution < 1.29 is 18.7 Å². The lowest BCUT2D eigenvalue weighted by Crippen LogP contribution is -2.14. The fourth-order valence-corrected chi connectivity index (χ4v) is 2.59. The van der Waals surface area contributed by atoms with Crippen LogP contribution < -0.4 is 14.9 Å². The van der Waals surface area contributed by atoms with Crippen LogP contribution in [0.15, 0.2) is 52.0 Å². The first-order valence-corrected chi connectivity index (χ1v) is 8.01. The molecule has 0 aromatic heterocycles. The molecular weight excluding hydrogens is 391 g/mol. The number of rotatable bonds is 6. The van der Waals surface area contributed by atoms with E-state index in [4.69, 9.17) is 9.47 Å². The average Bonchev–Trinajstić information content (AvgIpc) is 2.60. The highest BCUT2D eigenvalue weighted by Crippen LogP contribution is 2.35. The lowest BCUT2D eigenvalue weighted by molar-refractivity contribution is -0.116. The Hall–Kier alpha value is -2.67. The number of nitrogens with zero attached hydrogens (tertiary/aromatic N) is 1. The van der Waals surface area contributed by atoms with E-state index in [2.05, 4.69) is 26.5 Å². The van der Waals surface area contributed by atoms with Crippen LogP contribution in [-0.4, -0.2) is 26.3 Å². The first-order valence-electron chi connectivity index (χ1n) is 7.21. The zero-order valence-corrected chi connectivity index (χ0v) is 15.2. The summed E-state index contributed by atoms with van der Waals surface area (Å²) in [6, 6.07) is 9.31. The lowest BCUT2D eigenvalue weighted by Gasteiger charge is -2.10. The van der Waals surface area contributed by atoms with Crippen LogP contribution in [0.5, 0.6) is 11.5 Å². The van der Waals surface area contributed by atoms with Crippen LogP contribution >= 0.6 is 15.9 Å². The highest BCUT2D eigenvalue weighted by Gasteiger charge is 2.09. The van der Waals surface area contributed by atoms with Crippen LogP contribution in [0, 0.1) is 5.82 Å². The van der Waals surface area contributed by atoms with Gasteiger partial charge in [-0.25, -0.2) is 9.82 Å². The summed E-state index contributed by atoms with van der Waals surface area (Å²) < 4.78 is 24.0. The van der Waals surface area contributed by atoms with Gasteiger partial charge >= 0.3 is 0 Å². The van der Waals surface area contributed by atoms with Gasteiger partial charge in [0.1, 0.15) is 5.82 Å². The van der Waals surface area contributed by atoms with E-state index in [-0.39, 0.29) is 5.82 Å². The maximum atomic E-state index is 12.8. The molecule has 0 saturated carbocycles. The zero-order chi connectivity index (χ0) is 18.2. The third-order valence-corrected chi connectivity index (χ3v) is 3.73. The molecule has 0 fully saturated rings. The molecule has 5 nitrogen and oxygen atoms in total. The number of ether oxygens (including phenoxy) is 2. The van der Waals surface area contributed by atoms with Crippen LogP contribution in [-0.2, 0) is 4.79 Å². The molecule has 0 unspecified atom stereocenters. The predicted molar refractivity (Wildman–Crippen MR) is 98.4 cm³/mol. The Labute approximate surface area is 153 Å². The second-order valence-electron chi connectivity index (χ2n) is 4.86. The normalized spacial score (nSPS) is 11.0. The molecule has 0 bridgehead atoms. The van der Waals surface area contributed by atoms with Crippen LogP contribution in [0.1, 0.15) is 11.1 Å². The molecular formula is C18H16BrFN2O3. The molecule has 0 heterocycles. The summed E-state index contributed by atoms with van der Waals surface area (Å²) in [7, 11) is 3.08. The van der Waals surface area contributed by atoms with E-state index in [1.54, 1.807) is 37.5 Å². The maximum Gasteiger partial charge on any atom is 0.264 e. The molecule has 1 amide bonds. The number of benzene rings is 2. The molecule has 130 valence electrons. The number of amides is 1. The number of carbonyl (C=O) groups excluding carboxylic acids is 1. The lowest BCUT2D eigenvalue weighted by atomic mass is 10.2. The molecule has 0 aliphatic carbocycles. The van der Waals surface area contributed by atoms with E-state index in [0.29, 0.717) is 27.1 Å². The van der Waals surface area contributed by atoms with E-state index in [1.165, 1.54) is 31.5 Å². The molecule has 0 radical (unpaired) electrons. The van der Waals surface area contributed by atoms with Crippen molar-refractivity contribution >= 4 is 34.1 Å². The van der Waals surface area contributed by atoms with Crippen molar-refractivity contribution in [1.29, 1.82) is 0 Å². The molecule has 0 saturated heterocycles. The van der Waals surface area contributed by atoms with Crippen molar-refractivity contribution in [3.05, 3.63) is 63.9 Å².